The number of benzene rings is 1. The number of nitrogens with one attached hydrogen (secondary N) is 2. The lowest BCUT2D eigenvalue weighted by Gasteiger charge is -2.06. The standard InChI is InChI=1S/C32H54N2O2/c1-3-4-5-6-7-8-9-10-11-12-13-14-15-16-17-18-19-20-24-33-25-23-29-27-34-32-22-21-30(26-31(29)32)36-28(2)35/h21-22,26-27,33-34H,3-20,23-25H2,1-2H3. The van der Waals surface area contributed by atoms with Crippen molar-refractivity contribution < 1.29 is 9.53 Å². The number of carbonyl (C=O) groups excluding carboxylic acids is 1. The molecule has 0 amide bonds. The molecule has 0 aliphatic rings. The fourth-order valence-electron chi connectivity index (χ4n) is 5.09. The molecule has 36 heavy (non-hydrogen) atoms. The van der Waals surface area contributed by atoms with Crippen LogP contribution in [0.15, 0.2) is 24.4 Å². The lowest BCUT2D eigenvalue weighted by molar-refractivity contribution is -0.131. The fraction of sp³-hybridized carbons (Fsp3) is 0.719. The Morgan fingerprint density at radius 1 is 0.750 bits per heavy atom. The summed E-state index contributed by atoms with van der Waals surface area (Å²) >= 11 is 0. The summed E-state index contributed by atoms with van der Waals surface area (Å²) in [6.07, 6.45) is 28.6. The Balaban J connectivity index is 1.34. The quantitative estimate of drug-likeness (QED) is 0.0911. The molecule has 0 radical (unpaired) electrons. The van der Waals surface area contributed by atoms with Crippen LogP contribution in [0, 0.1) is 0 Å². The molecule has 2 aromatic rings. The van der Waals surface area contributed by atoms with Gasteiger partial charge in [-0.05, 0) is 49.7 Å². The van der Waals surface area contributed by atoms with Crippen molar-refractivity contribution in [2.45, 2.75) is 136 Å². The van der Waals surface area contributed by atoms with E-state index in [1.807, 2.05) is 18.2 Å². The molecule has 1 heterocycles. The van der Waals surface area contributed by atoms with E-state index in [1.54, 1.807) is 0 Å². The largest absolute Gasteiger partial charge is 0.427 e. The summed E-state index contributed by atoms with van der Waals surface area (Å²) in [6.45, 7) is 5.80. The summed E-state index contributed by atoms with van der Waals surface area (Å²) in [5, 5.41) is 4.73. The molecule has 0 aliphatic carbocycles. The zero-order valence-electron chi connectivity index (χ0n) is 23.5. The predicted molar refractivity (Wildman–Crippen MR) is 155 cm³/mol. The topological polar surface area (TPSA) is 54.1 Å². The van der Waals surface area contributed by atoms with Gasteiger partial charge in [0.1, 0.15) is 5.75 Å². The smallest absolute Gasteiger partial charge is 0.308 e. The first kappa shape index (κ1) is 30.4. The summed E-state index contributed by atoms with van der Waals surface area (Å²) in [7, 11) is 0. The number of hydrogen-bond acceptors (Lipinski definition) is 3. The van der Waals surface area contributed by atoms with Gasteiger partial charge in [0.05, 0.1) is 0 Å². The molecule has 1 aromatic carbocycles. The van der Waals surface area contributed by atoms with Crippen molar-refractivity contribution in [3.8, 4) is 5.75 Å². The highest BCUT2D eigenvalue weighted by Gasteiger charge is 2.06. The molecule has 204 valence electrons. The first-order chi connectivity index (χ1) is 17.7. The summed E-state index contributed by atoms with van der Waals surface area (Å²) in [4.78, 5) is 14.5. The summed E-state index contributed by atoms with van der Waals surface area (Å²) in [6, 6.07) is 5.77. The Bertz CT molecular complexity index is 814. The van der Waals surface area contributed by atoms with E-state index < -0.39 is 0 Å². The van der Waals surface area contributed by atoms with E-state index in [9.17, 15) is 4.79 Å². The highest BCUT2D eigenvalue weighted by Crippen LogP contribution is 2.24. The van der Waals surface area contributed by atoms with Crippen LogP contribution in [0.4, 0.5) is 0 Å². The molecule has 0 saturated heterocycles. The Hall–Kier alpha value is -1.81. The van der Waals surface area contributed by atoms with Gasteiger partial charge in [0.15, 0.2) is 0 Å². The van der Waals surface area contributed by atoms with E-state index in [0.717, 1.165) is 30.4 Å². The number of hydrogen-bond donors (Lipinski definition) is 2. The Morgan fingerprint density at radius 2 is 1.28 bits per heavy atom. The van der Waals surface area contributed by atoms with Crippen LogP contribution in [-0.2, 0) is 11.2 Å². The van der Waals surface area contributed by atoms with E-state index in [1.165, 1.54) is 128 Å². The number of rotatable bonds is 23. The SMILES string of the molecule is CCCCCCCCCCCCCCCCCCCCNCCc1c[nH]c2ccc(OC(C)=O)cc12. The van der Waals surface area contributed by atoms with Crippen LogP contribution in [0.2, 0.25) is 0 Å². The van der Waals surface area contributed by atoms with Gasteiger partial charge in [0.25, 0.3) is 0 Å². The number of aromatic nitrogens is 1. The molecule has 0 spiro atoms. The van der Waals surface area contributed by atoms with Crippen molar-refractivity contribution in [1.82, 2.24) is 10.3 Å². The molecule has 0 fully saturated rings. The summed E-state index contributed by atoms with van der Waals surface area (Å²) in [5.74, 6) is 0.333. The zero-order valence-corrected chi connectivity index (χ0v) is 23.5. The number of unbranched alkanes of at least 4 members (excludes halogenated alkanes) is 17. The summed E-state index contributed by atoms with van der Waals surface area (Å²) < 4.78 is 5.23. The van der Waals surface area contributed by atoms with Crippen molar-refractivity contribution in [2.75, 3.05) is 13.1 Å². The van der Waals surface area contributed by atoms with Crippen molar-refractivity contribution >= 4 is 16.9 Å². The maximum absolute atomic E-state index is 11.2. The molecule has 0 unspecified atom stereocenters. The average molecular weight is 499 g/mol. The van der Waals surface area contributed by atoms with Gasteiger partial charge in [-0.3, -0.25) is 4.79 Å². The molecule has 0 bridgehead atoms. The van der Waals surface area contributed by atoms with E-state index >= 15 is 0 Å². The van der Waals surface area contributed by atoms with Gasteiger partial charge in [-0.1, -0.05) is 116 Å². The second-order valence-electron chi connectivity index (χ2n) is 10.6. The number of fused-ring (bicyclic) bond motifs is 1. The fourth-order valence-corrected chi connectivity index (χ4v) is 5.09. The zero-order chi connectivity index (χ0) is 25.7. The molecular formula is C32H54N2O2. The van der Waals surface area contributed by atoms with Gasteiger partial charge >= 0.3 is 5.97 Å². The van der Waals surface area contributed by atoms with Crippen molar-refractivity contribution in [3.05, 3.63) is 30.0 Å². The van der Waals surface area contributed by atoms with Gasteiger partial charge in [-0.2, -0.15) is 0 Å². The monoisotopic (exact) mass is 498 g/mol. The number of ether oxygens (including phenoxy) is 1. The second kappa shape index (κ2) is 20.3. The minimum atomic E-state index is -0.280. The number of esters is 1. The number of aromatic amines is 1. The third-order valence-corrected chi connectivity index (χ3v) is 7.28. The van der Waals surface area contributed by atoms with Gasteiger partial charge in [0, 0.05) is 24.0 Å². The molecule has 0 saturated carbocycles. The predicted octanol–water partition coefficient (Wildman–Crippen LogP) is 9.27. The van der Waals surface area contributed by atoms with Crippen LogP contribution in [-0.4, -0.2) is 24.0 Å². The van der Waals surface area contributed by atoms with Crippen LogP contribution < -0.4 is 10.1 Å². The van der Waals surface area contributed by atoms with Crippen LogP contribution in [0.1, 0.15) is 135 Å². The second-order valence-corrected chi connectivity index (χ2v) is 10.6. The number of H-pyrrole nitrogens is 1. The number of carbonyl (C=O) groups is 1. The molecule has 4 heteroatoms. The molecule has 2 N–H and O–H groups in total. The molecule has 0 aliphatic heterocycles. The summed E-state index contributed by atoms with van der Waals surface area (Å²) in [5.41, 5.74) is 2.36. The maximum atomic E-state index is 11.2. The molecule has 0 atom stereocenters. The van der Waals surface area contributed by atoms with E-state index in [4.69, 9.17) is 4.74 Å². The lowest BCUT2D eigenvalue weighted by atomic mass is 10.0. The van der Waals surface area contributed by atoms with Gasteiger partial charge in [-0.15, -0.1) is 0 Å². The Kier molecular flexibility index (Phi) is 17.1. The van der Waals surface area contributed by atoms with Crippen molar-refractivity contribution in [2.24, 2.45) is 0 Å². The third-order valence-electron chi connectivity index (χ3n) is 7.28. The van der Waals surface area contributed by atoms with Crippen LogP contribution in [0.5, 0.6) is 5.75 Å². The molecule has 4 nitrogen and oxygen atoms in total. The Labute approximate surface area is 221 Å². The lowest BCUT2D eigenvalue weighted by Crippen LogP contribution is -2.18. The third kappa shape index (κ3) is 14.1. The highest BCUT2D eigenvalue weighted by atomic mass is 16.5. The van der Waals surface area contributed by atoms with Crippen molar-refractivity contribution in [1.29, 1.82) is 0 Å². The molecule has 1 aromatic heterocycles. The van der Waals surface area contributed by atoms with Gasteiger partial charge < -0.3 is 15.0 Å². The van der Waals surface area contributed by atoms with Crippen LogP contribution >= 0.6 is 0 Å². The first-order valence-electron chi connectivity index (χ1n) is 15.2. The van der Waals surface area contributed by atoms with Crippen molar-refractivity contribution in [3.63, 3.8) is 0 Å². The maximum Gasteiger partial charge on any atom is 0.308 e. The Morgan fingerprint density at radius 3 is 1.81 bits per heavy atom. The minimum absolute atomic E-state index is 0.280. The van der Waals surface area contributed by atoms with E-state index in [-0.39, 0.29) is 5.97 Å². The van der Waals surface area contributed by atoms with Crippen LogP contribution in [0.3, 0.4) is 0 Å². The normalized spacial score (nSPS) is 11.4. The average Bonchev–Trinajstić information content (AvgIpc) is 3.26. The first-order valence-corrected chi connectivity index (χ1v) is 15.2. The highest BCUT2D eigenvalue weighted by molar-refractivity contribution is 5.85. The van der Waals surface area contributed by atoms with E-state index in [2.05, 4.69) is 23.4 Å². The van der Waals surface area contributed by atoms with Gasteiger partial charge in [0.2, 0.25) is 0 Å². The van der Waals surface area contributed by atoms with E-state index in [0.29, 0.717) is 5.75 Å². The molecule has 2 rings (SSSR count). The minimum Gasteiger partial charge on any atom is -0.427 e. The molecular weight excluding hydrogens is 444 g/mol. The van der Waals surface area contributed by atoms with Crippen LogP contribution in [0.25, 0.3) is 10.9 Å². The van der Waals surface area contributed by atoms with Gasteiger partial charge in [-0.25, -0.2) is 0 Å².